The molecule has 0 fully saturated rings. The third kappa shape index (κ3) is 3.08. The van der Waals surface area contributed by atoms with Gasteiger partial charge in [0, 0.05) is 18.5 Å². The summed E-state index contributed by atoms with van der Waals surface area (Å²) in [6.45, 7) is 2.37. The Morgan fingerprint density at radius 1 is 1.48 bits per heavy atom. The number of benzene rings is 1. The number of aromatic nitrogens is 3. The fraction of sp³-hybridized carbons (Fsp3) is 0.214. The first kappa shape index (κ1) is 13.7. The number of rotatable bonds is 4. The average molecular weight is 304 g/mol. The number of amides is 1. The Bertz CT molecular complexity index is 764. The van der Waals surface area contributed by atoms with Crippen molar-refractivity contribution >= 4 is 22.2 Å². The van der Waals surface area contributed by atoms with E-state index in [0.29, 0.717) is 18.5 Å². The Balaban J connectivity index is 1.58. The molecule has 3 rings (SSSR count). The molecule has 0 atom stereocenters. The van der Waals surface area contributed by atoms with E-state index in [9.17, 15) is 9.18 Å². The number of aryl methyl sites for hydroxylation is 1. The second kappa shape index (κ2) is 5.61. The lowest BCUT2D eigenvalue weighted by atomic mass is 10.2. The van der Waals surface area contributed by atoms with E-state index in [1.165, 1.54) is 29.5 Å². The normalized spacial score (nSPS) is 11.0. The molecule has 0 spiro atoms. The molecule has 0 aliphatic rings. The number of nitrogens with one attached hydrogen (secondary N) is 1. The number of imidazole rings is 1. The highest BCUT2D eigenvalue weighted by atomic mass is 32.1. The summed E-state index contributed by atoms with van der Waals surface area (Å²) < 4.78 is 14.8. The molecule has 2 heterocycles. The average Bonchev–Trinajstić information content (AvgIpc) is 2.95. The maximum atomic E-state index is 13.0. The largest absolute Gasteiger partial charge is 0.352 e. The Morgan fingerprint density at radius 2 is 2.33 bits per heavy atom. The van der Waals surface area contributed by atoms with Gasteiger partial charge in [-0.15, -0.1) is 0 Å². The summed E-state index contributed by atoms with van der Waals surface area (Å²) in [5.74, 6) is -0.703. The number of hydrogen-bond acceptors (Lipinski definition) is 4. The second-order valence-electron chi connectivity index (χ2n) is 4.62. The van der Waals surface area contributed by atoms with Gasteiger partial charge in [0.15, 0.2) is 0 Å². The van der Waals surface area contributed by atoms with Gasteiger partial charge in [-0.25, -0.2) is 13.9 Å². The molecule has 108 valence electrons. The van der Waals surface area contributed by atoms with Crippen molar-refractivity contribution in [3.8, 4) is 0 Å². The molecule has 1 N–H and O–H groups in total. The Labute approximate surface area is 124 Å². The Hall–Kier alpha value is -2.28. The zero-order valence-electron chi connectivity index (χ0n) is 11.3. The Morgan fingerprint density at radius 3 is 3.10 bits per heavy atom. The van der Waals surface area contributed by atoms with Gasteiger partial charge in [0.1, 0.15) is 10.8 Å². The van der Waals surface area contributed by atoms with Gasteiger partial charge in [0.25, 0.3) is 5.91 Å². The van der Waals surface area contributed by atoms with Crippen LogP contribution in [0.2, 0.25) is 0 Å². The summed E-state index contributed by atoms with van der Waals surface area (Å²) in [6, 6.07) is 5.63. The predicted octanol–water partition coefficient (Wildman–Crippen LogP) is 2.21. The molecule has 21 heavy (non-hydrogen) atoms. The summed E-state index contributed by atoms with van der Waals surface area (Å²) in [5.41, 5.74) is 1.25. The summed E-state index contributed by atoms with van der Waals surface area (Å²) in [4.78, 5) is 17.0. The monoisotopic (exact) mass is 304 g/mol. The van der Waals surface area contributed by atoms with Crippen molar-refractivity contribution in [1.29, 1.82) is 0 Å². The molecular formula is C14H13FN4OS. The molecule has 0 unspecified atom stereocenters. The molecule has 0 radical (unpaired) electrons. The fourth-order valence-corrected chi connectivity index (χ4v) is 2.89. The molecule has 3 aromatic rings. The molecule has 5 nitrogen and oxygen atoms in total. The van der Waals surface area contributed by atoms with Gasteiger partial charge >= 0.3 is 0 Å². The third-order valence-electron chi connectivity index (χ3n) is 2.92. The number of fused-ring (bicyclic) bond motifs is 1. The van der Waals surface area contributed by atoms with Crippen molar-refractivity contribution in [2.24, 2.45) is 0 Å². The van der Waals surface area contributed by atoms with Gasteiger partial charge in [0.05, 0.1) is 11.9 Å². The summed E-state index contributed by atoms with van der Waals surface area (Å²) in [7, 11) is 0. The number of hydrogen-bond donors (Lipinski definition) is 1. The van der Waals surface area contributed by atoms with Crippen LogP contribution in [-0.4, -0.2) is 27.0 Å². The van der Waals surface area contributed by atoms with Gasteiger partial charge in [-0.2, -0.15) is 5.10 Å². The zero-order chi connectivity index (χ0) is 14.8. The number of nitrogens with zero attached hydrogens (tertiary/aromatic N) is 3. The van der Waals surface area contributed by atoms with Crippen LogP contribution in [0, 0.1) is 12.7 Å². The van der Waals surface area contributed by atoms with Crippen LogP contribution in [0.25, 0.3) is 4.96 Å². The van der Waals surface area contributed by atoms with Crippen molar-refractivity contribution in [1.82, 2.24) is 19.9 Å². The van der Waals surface area contributed by atoms with E-state index in [-0.39, 0.29) is 5.91 Å². The lowest BCUT2D eigenvalue weighted by molar-refractivity contribution is 0.0953. The van der Waals surface area contributed by atoms with Crippen LogP contribution < -0.4 is 5.32 Å². The molecule has 0 aliphatic heterocycles. The molecular weight excluding hydrogens is 291 g/mol. The van der Waals surface area contributed by atoms with Gasteiger partial charge in [-0.1, -0.05) is 17.4 Å². The Kier molecular flexibility index (Phi) is 3.66. The summed E-state index contributed by atoms with van der Waals surface area (Å²) >= 11 is 1.50. The lowest BCUT2D eigenvalue weighted by Crippen LogP contribution is -2.25. The smallest absolute Gasteiger partial charge is 0.251 e. The molecule has 1 amide bonds. The van der Waals surface area contributed by atoms with Crippen molar-refractivity contribution in [3.05, 3.63) is 52.5 Å². The maximum Gasteiger partial charge on any atom is 0.251 e. The summed E-state index contributed by atoms with van der Waals surface area (Å²) in [6.07, 6.45) is 2.48. The van der Waals surface area contributed by atoms with Crippen LogP contribution >= 0.6 is 11.3 Å². The quantitative estimate of drug-likeness (QED) is 0.804. The predicted molar refractivity (Wildman–Crippen MR) is 78.0 cm³/mol. The van der Waals surface area contributed by atoms with E-state index < -0.39 is 5.82 Å². The van der Waals surface area contributed by atoms with Gasteiger partial charge in [0.2, 0.25) is 4.96 Å². The van der Waals surface area contributed by atoms with Crippen molar-refractivity contribution in [2.45, 2.75) is 13.3 Å². The first-order valence-electron chi connectivity index (χ1n) is 6.47. The topological polar surface area (TPSA) is 59.3 Å². The van der Waals surface area contributed by atoms with Crippen LogP contribution in [0.5, 0.6) is 0 Å². The molecule has 0 saturated heterocycles. The number of carbonyl (C=O) groups excluding carboxylic acids is 1. The third-order valence-corrected chi connectivity index (χ3v) is 3.90. The number of carbonyl (C=O) groups is 1. The molecule has 1 aromatic carbocycles. The number of halogens is 1. The highest BCUT2D eigenvalue weighted by Crippen LogP contribution is 2.14. The van der Waals surface area contributed by atoms with Crippen molar-refractivity contribution < 1.29 is 9.18 Å². The van der Waals surface area contributed by atoms with Crippen LogP contribution in [0.3, 0.4) is 0 Å². The minimum atomic E-state index is -0.417. The van der Waals surface area contributed by atoms with Crippen molar-refractivity contribution in [3.63, 3.8) is 0 Å². The van der Waals surface area contributed by atoms with E-state index in [0.717, 1.165) is 15.7 Å². The van der Waals surface area contributed by atoms with Crippen LogP contribution in [0.1, 0.15) is 21.1 Å². The minimum Gasteiger partial charge on any atom is -0.352 e. The first-order valence-corrected chi connectivity index (χ1v) is 7.29. The van der Waals surface area contributed by atoms with Crippen LogP contribution in [0.15, 0.2) is 30.5 Å². The van der Waals surface area contributed by atoms with Crippen molar-refractivity contribution in [2.75, 3.05) is 6.54 Å². The highest BCUT2D eigenvalue weighted by Gasteiger charge is 2.08. The molecule has 7 heteroatoms. The second-order valence-corrected chi connectivity index (χ2v) is 5.66. The minimum absolute atomic E-state index is 0.285. The van der Waals surface area contributed by atoms with Gasteiger partial charge in [-0.05, 0) is 25.1 Å². The van der Waals surface area contributed by atoms with Crippen LogP contribution in [0.4, 0.5) is 4.39 Å². The standard InChI is InChI=1S/C14H13FN4OS/c1-9-8-19-14(17-9)21-12(18-19)5-6-16-13(20)10-3-2-4-11(15)7-10/h2-4,7-8H,5-6H2,1H3,(H,16,20). The van der Waals surface area contributed by atoms with E-state index >= 15 is 0 Å². The summed E-state index contributed by atoms with van der Waals surface area (Å²) in [5, 5.41) is 8.03. The van der Waals surface area contributed by atoms with Crippen LogP contribution in [-0.2, 0) is 6.42 Å². The molecule has 0 saturated carbocycles. The zero-order valence-corrected chi connectivity index (χ0v) is 12.2. The van der Waals surface area contributed by atoms with E-state index in [1.807, 2.05) is 13.1 Å². The van der Waals surface area contributed by atoms with Gasteiger partial charge < -0.3 is 5.32 Å². The maximum absolute atomic E-state index is 13.0. The van der Waals surface area contributed by atoms with E-state index in [1.54, 1.807) is 10.6 Å². The molecule has 0 aliphatic carbocycles. The first-order chi connectivity index (χ1) is 10.1. The lowest BCUT2D eigenvalue weighted by Gasteiger charge is -2.03. The SMILES string of the molecule is Cc1cn2nc(CCNC(=O)c3cccc(F)c3)sc2n1. The fourth-order valence-electron chi connectivity index (χ4n) is 1.97. The van der Waals surface area contributed by atoms with E-state index in [2.05, 4.69) is 15.4 Å². The molecule has 0 bridgehead atoms. The van der Waals surface area contributed by atoms with Gasteiger partial charge in [-0.3, -0.25) is 4.79 Å². The highest BCUT2D eigenvalue weighted by molar-refractivity contribution is 7.16. The molecule has 2 aromatic heterocycles. The van der Waals surface area contributed by atoms with E-state index in [4.69, 9.17) is 0 Å².